The first-order valence-electron chi connectivity index (χ1n) is 10.00. The molecule has 2 aliphatic rings. The zero-order valence-corrected chi connectivity index (χ0v) is 17.5. The molecule has 0 atom stereocenters. The fourth-order valence-electron chi connectivity index (χ4n) is 3.80. The molecule has 0 aliphatic carbocycles. The van der Waals surface area contributed by atoms with Crippen molar-refractivity contribution < 1.29 is 19.2 Å². The van der Waals surface area contributed by atoms with Gasteiger partial charge in [-0.05, 0) is 51.3 Å². The van der Waals surface area contributed by atoms with Crippen LogP contribution in [-0.4, -0.2) is 64.5 Å². The van der Waals surface area contributed by atoms with E-state index in [1.807, 2.05) is 0 Å². The summed E-state index contributed by atoms with van der Waals surface area (Å²) in [5.74, 6) is -0.378. The SMILES string of the molecule is CC(C)N1C(=O)c2ccc(C(=O)N3CCC(NC(=O)CCCCl)CC3)cc2C1=O. The molecule has 3 rings (SSSR count). The number of halogens is 1. The molecule has 7 nitrogen and oxygen atoms in total. The Morgan fingerprint density at radius 1 is 1.14 bits per heavy atom. The molecule has 0 unspecified atom stereocenters. The molecular weight excluding hydrogens is 394 g/mol. The summed E-state index contributed by atoms with van der Waals surface area (Å²) in [6.45, 7) is 4.63. The number of imide groups is 1. The van der Waals surface area contributed by atoms with Crippen molar-refractivity contribution in [1.29, 1.82) is 0 Å². The molecule has 4 amide bonds. The largest absolute Gasteiger partial charge is 0.353 e. The summed E-state index contributed by atoms with van der Waals surface area (Å²) in [7, 11) is 0. The molecule has 8 heteroatoms. The van der Waals surface area contributed by atoms with Crippen LogP contribution in [0.2, 0.25) is 0 Å². The summed E-state index contributed by atoms with van der Waals surface area (Å²) in [5.41, 5.74) is 1.04. The molecular formula is C21H26ClN3O4. The van der Waals surface area contributed by atoms with Gasteiger partial charge in [-0.2, -0.15) is 0 Å². The van der Waals surface area contributed by atoms with Crippen LogP contribution in [0, 0.1) is 0 Å². The van der Waals surface area contributed by atoms with E-state index in [-0.39, 0.29) is 41.3 Å². The van der Waals surface area contributed by atoms with Gasteiger partial charge in [-0.15, -0.1) is 11.6 Å². The summed E-state index contributed by atoms with van der Waals surface area (Å²) in [5, 5.41) is 2.99. The molecule has 156 valence electrons. The summed E-state index contributed by atoms with van der Waals surface area (Å²) in [6.07, 6.45) is 2.43. The average Bonchev–Trinajstić information content (AvgIpc) is 2.96. The Morgan fingerprint density at radius 2 is 1.79 bits per heavy atom. The van der Waals surface area contributed by atoms with Gasteiger partial charge in [0, 0.05) is 43.0 Å². The number of carbonyl (C=O) groups is 4. The maximum atomic E-state index is 12.9. The normalized spacial score (nSPS) is 17.1. The van der Waals surface area contributed by atoms with E-state index in [0.717, 1.165) is 0 Å². The highest BCUT2D eigenvalue weighted by atomic mass is 35.5. The number of piperidine rings is 1. The maximum absolute atomic E-state index is 12.9. The minimum absolute atomic E-state index is 0.00747. The third-order valence-electron chi connectivity index (χ3n) is 5.37. The quantitative estimate of drug-likeness (QED) is 0.566. The summed E-state index contributed by atoms with van der Waals surface area (Å²) >= 11 is 5.61. The van der Waals surface area contributed by atoms with Gasteiger partial charge in [0.25, 0.3) is 17.7 Å². The second-order valence-corrected chi connectivity index (χ2v) is 8.14. The predicted octanol–water partition coefficient (Wildman–Crippen LogP) is 2.43. The van der Waals surface area contributed by atoms with Crippen LogP contribution in [0.1, 0.15) is 70.6 Å². The number of rotatable bonds is 6. The highest BCUT2D eigenvalue weighted by molar-refractivity contribution is 6.22. The highest BCUT2D eigenvalue weighted by Gasteiger charge is 2.37. The van der Waals surface area contributed by atoms with Crippen LogP contribution >= 0.6 is 11.6 Å². The Labute approximate surface area is 175 Å². The van der Waals surface area contributed by atoms with Crippen molar-refractivity contribution in [3.05, 3.63) is 34.9 Å². The van der Waals surface area contributed by atoms with E-state index in [1.165, 1.54) is 11.0 Å². The number of benzene rings is 1. The van der Waals surface area contributed by atoms with Gasteiger partial charge in [-0.25, -0.2) is 0 Å². The standard InChI is InChI=1S/C21H26ClN3O4/c1-13(2)25-20(28)16-6-5-14(12-17(16)21(25)29)19(27)24-10-7-15(8-11-24)23-18(26)4-3-9-22/h5-6,12-13,15H,3-4,7-11H2,1-2H3,(H,23,26). The van der Waals surface area contributed by atoms with Crippen molar-refractivity contribution in [3.8, 4) is 0 Å². The van der Waals surface area contributed by atoms with E-state index in [0.29, 0.717) is 55.8 Å². The number of hydrogen-bond acceptors (Lipinski definition) is 4. The van der Waals surface area contributed by atoms with E-state index < -0.39 is 0 Å². The number of hydrogen-bond donors (Lipinski definition) is 1. The van der Waals surface area contributed by atoms with Gasteiger partial charge in [0.1, 0.15) is 0 Å². The van der Waals surface area contributed by atoms with Gasteiger partial charge < -0.3 is 10.2 Å². The number of likely N-dealkylation sites (tertiary alicyclic amines) is 1. The fraction of sp³-hybridized carbons (Fsp3) is 0.524. The topological polar surface area (TPSA) is 86.8 Å². The summed E-state index contributed by atoms with van der Waals surface area (Å²) in [4.78, 5) is 52.6. The van der Waals surface area contributed by atoms with E-state index in [2.05, 4.69) is 5.32 Å². The number of fused-ring (bicyclic) bond motifs is 1. The minimum atomic E-state index is -0.354. The van der Waals surface area contributed by atoms with Crippen LogP contribution in [0.15, 0.2) is 18.2 Å². The summed E-state index contributed by atoms with van der Waals surface area (Å²) < 4.78 is 0. The van der Waals surface area contributed by atoms with Gasteiger partial charge in [0.2, 0.25) is 5.91 Å². The second-order valence-electron chi connectivity index (χ2n) is 7.76. The summed E-state index contributed by atoms with van der Waals surface area (Å²) in [6, 6.07) is 4.52. The van der Waals surface area contributed by atoms with Crippen molar-refractivity contribution >= 4 is 35.2 Å². The molecule has 1 aromatic rings. The first kappa shape index (κ1) is 21.3. The molecule has 2 heterocycles. The lowest BCUT2D eigenvalue weighted by Gasteiger charge is -2.32. The first-order valence-corrected chi connectivity index (χ1v) is 10.5. The van der Waals surface area contributed by atoms with Gasteiger partial charge in [0.05, 0.1) is 11.1 Å². The molecule has 1 saturated heterocycles. The van der Waals surface area contributed by atoms with Crippen molar-refractivity contribution in [2.24, 2.45) is 0 Å². The Balaban J connectivity index is 1.62. The highest BCUT2D eigenvalue weighted by Crippen LogP contribution is 2.26. The maximum Gasteiger partial charge on any atom is 0.261 e. The van der Waals surface area contributed by atoms with Gasteiger partial charge >= 0.3 is 0 Å². The number of amides is 4. The molecule has 0 bridgehead atoms. The van der Waals surface area contributed by atoms with Crippen LogP contribution < -0.4 is 5.32 Å². The lowest BCUT2D eigenvalue weighted by Crippen LogP contribution is -2.46. The monoisotopic (exact) mass is 419 g/mol. The Kier molecular flexibility index (Phi) is 6.57. The molecule has 1 fully saturated rings. The number of alkyl halides is 1. The van der Waals surface area contributed by atoms with E-state index in [9.17, 15) is 19.2 Å². The first-order chi connectivity index (χ1) is 13.8. The molecule has 0 spiro atoms. The van der Waals surface area contributed by atoms with Crippen LogP contribution in [0.4, 0.5) is 0 Å². The molecule has 0 aromatic heterocycles. The minimum Gasteiger partial charge on any atom is -0.353 e. The van der Waals surface area contributed by atoms with E-state index >= 15 is 0 Å². The van der Waals surface area contributed by atoms with Crippen LogP contribution in [-0.2, 0) is 4.79 Å². The molecule has 29 heavy (non-hydrogen) atoms. The zero-order chi connectivity index (χ0) is 21.1. The fourth-order valence-corrected chi connectivity index (χ4v) is 3.93. The van der Waals surface area contributed by atoms with Crippen molar-refractivity contribution in [2.45, 2.75) is 51.6 Å². The molecule has 0 radical (unpaired) electrons. The second kappa shape index (κ2) is 8.95. The third-order valence-corrected chi connectivity index (χ3v) is 5.63. The number of carbonyl (C=O) groups excluding carboxylic acids is 4. The third kappa shape index (κ3) is 4.45. The number of nitrogens with one attached hydrogen (secondary N) is 1. The van der Waals surface area contributed by atoms with Gasteiger partial charge in [0.15, 0.2) is 0 Å². The van der Waals surface area contributed by atoms with Gasteiger partial charge in [-0.3, -0.25) is 24.1 Å². The predicted molar refractivity (Wildman–Crippen MR) is 109 cm³/mol. The Bertz CT molecular complexity index is 831. The Hall–Kier alpha value is -2.41. The van der Waals surface area contributed by atoms with Crippen LogP contribution in [0.5, 0.6) is 0 Å². The Morgan fingerprint density at radius 3 is 2.41 bits per heavy atom. The van der Waals surface area contributed by atoms with Crippen molar-refractivity contribution in [3.63, 3.8) is 0 Å². The van der Waals surface area contributed by atoms with E-state index in [1.54, 1.807) is 30.9 Å². The van der Waals surface area contributed by atoms with E-state index in [4.69, 9.17) is 11.6 Å². The van der Waals surface area contributed by atoms with Crippen LogP contribution in [0.25, 0.3) is 0 Å². The number of nitrogens with zero attached hydrogens (tertiary/aromatic N) is 2. The molecule has 1 N–H and O–H groups in total. The lowest BCUT2D eigenvalue weighted by atomic mass is 10.0. The molecule has 2 aliphatic heterocycles. The van der Waals surface area contributed by atoms with Gasteiger partial charge in [-0.1, -0.05) is 0 Å². The lowest BCUT2D eigenvalue weighted by molar-refractivity contribution is -0.122. The van der Waals surface area contributed by atoms with Crippen LogP contribution in [0.3, 0.4) is 0 Å². The molecule has 1 aromatic carbocycles. The molecule has 0 saturated carbocycles. The zero-order valence-electron chi connectivity index (χ0n) is 16.7. The smallest absolute Gasteiger partial charge is 0.261 e. The average molecular weight is 420 g/mol. The van der Waals surface area contributed by atoms with Crippen molar-refractivity contribution in [1.82, 2.24) is 15.1 Å². The van der Waals surface area contributed by atoms with Crippen molar-refractivity contribution in [2.75, 3.05) is 19.0 Å².